The third kappa shape index (κ3) is 2.04. The number of hydrogen-bond donors (Lipinski definition) is 1. The van der Waals surface area contributed by atoms with Gasteiger partial charge in [-0.3, -0.25) is 0 Å². The van der Waals surface area contributed by atoms with Crippen LogP contribution in [0.15, 0.2) is 18.2 Å². The van der Waals surface area contributed by atoms with Crippen LogP contribution in [-0.4, -0.2) is 14.9 Å². The Kier molecular flexibility index (Phi) is 3.22. The quantitative estimate of drug-likeness (QED) is 0.887. The summed E-state index contributed by atoms with van der Waals surface area (Å²) in [6, 6.07) is 4.72. The van der Waals surface area contributed by atoms with Crippen LogP contribution in [0.5, 0.6) is 0 Å². The molecule has 1 N–H and O–H groups in total. The van der Waals surface area contributed by atoms with Gasteiger partial charge < -0.3 is 5.11 Å². The molecule has 0 saturated heterocycles. The Morgan fingerprint density at radius 3 is 2.39 bits per heavy atom. The minimum Gasteiger partial charge on any atom is -0.389 e. The van der Waals surface area contributed by atoms with Crippen LogP contribution in [0.1, 0.15) is 35.5 Å². The van der Waals surface area contributed by atoms with Gasteiger partial charge in [-0.2, -0.15) is 5.10 Å². The molecule has 2 aromatic rings. The third-order valence-electron chi connectivity index (χ3n) is 3.34. The summed E-state index contributed by atoms with van der Waals surface area (Å²) in [5.41, 5.74) is 3.86. The van der Waals surface area contributed by atoms with E-state index < -0.39 is 6.10 Å². The number of aliphatic hydroxyl groups is 1. The summed E-state index contributed by atoms with van der Waals surface area (Å²) in [5.74, 6) is -0.376. The first-order valence-corrected chi connectivity index (χ1v) is 5.92. The molecule has 1 aromatic heterocycles. The second kappa shape index (κ2) is 4.53. The number of aliphatic hydroxyl groups excluding tert-OH is 1. The van der Waals surface area contributed by atoms with Crippen LogP contribution in [0.4, 0.5) is 4.39 Å². The lowest BCUT2D eigenvalue weighted by Crippen LogP contribution is -2.03. The van der Waals surface area contributed by atoms with Gasteiger partial charge >= 0.3 is 0 Å². The molecule has 0 aliphatic heterocycles. The molecule has 1 heterocycles. The first-order chi connectivity index (χ1) is 8.41. The first-order valence-electron chi connectivity index (χ1n) is 5.92. The van der Waals surface area contributed by atoms with Crippen molar-refractivity contribution < 1.29 is 9.50 Å². The summed E-state index contributed by atoms with van der Waals surface area (Å²) in [7, 11) is 0. The van der Waals surface area contributed by atoms with Gasteiger partial charge in [0.25, 0.3) is 0 Å². The van der Waals surface area contributed by atoms with Crippen molar-refractivity contribution in [3.05, 3.63) is 46.5 Å². The largest absolute Gasteiger partial charge is 0.389 e. The summed E-state index contributed by atoms with van der Waals surface area (Å²) in [6.07, 6.45) is -0.671. The van der Waals surface area contributed by atoms with E-state index in [1.165, 1.54) is 6.07 Å². The topological polar surface area (TPSA) is 38.0 Å². The predicted octanol–water partition coefficient (Wildman–Crippen LogP) is 2.99. The number of aromatic nitrogens is 2. The second-order valence-electron chi connectivity index (χ2n) is 4.59. The molecule has 1 atom stereocenters. The van der Waals surface area contributed by atoms with Crippen molar-refractivity contribution in [1.82, 2.24) is 9.78 Å². The van der Waals surface area contributed by atoms with Gasteiger partial charge in [-0.05, 0) is 51.0 Å². The lowest BCUT2D eigenvalue weighted by Gasteiger charge is -2.09. The van der Waals surface area contributed by atoms with Crippen LogP contribution in [0.3, 0.4) is 0 Å². The van der Waals surface area contributed by atoms with Gasteiger partial charge in [0.2, 0.25) is 0 Å². The van der Waals surface area contributed by atoms with E-state index >= 15 is 0 Å². The highest BCUT2D eigenvalue weighted by atomic mass is 19.1. The van der Waals surface area contributed by atoms with E-state index in [1.54, 1.807) is 23.7 Å². The van der Waals surface area contributed by atoms with Crippen LogP contribution in [0.25, 0.3) is 5.69 Å². The summed E-state index contributed by atoms with van der Waals surface area (Å²) < 4.78 is 15.6. The fraction of sp³-hybridized carbons (Fsp3) is 0.357. The van der Waals surface area contributed by atoms with E-state index in [1.807, 2.05) is 20.8 Å². The zero-order valence-electron chi connectivity index (χ0n) is 11.0. The molecular formula is C14H17FN2O. The van der Waals surface area contributed by atoms with E-state index in [4.69, 9.17) is 0 Å². The van der Waals surface area contributed by atoms with E-state index in [2.05, 4.69) is 5.10 Å². The highest BCUT2D eigenvalue weighted by molar-refractivity contribution is 5.40. The van der Waals surface area contributed by atoms with Gasteiger partial charge in [0.1, 0.15) is 11.5 Å². The Labute approximate surface area is 106 Å². The normalized spacial score (nSPS) is 12.8. The molecule has 0 bridgehead atoms. The molecule has 18 heavy (non-hydrogen) atoms. The first kappa shape index (κ1) is 12.8. The molecule has 1 unspecified atom stereocenters. The molecule has 1 aromatic carbocycles. The summed E-state index contributed by atoms with van der Waals surface area (Å²) in [5, 5.41) is 13.8. The zero-order chi connectivity index (χ0) is 13.4. The Hall–Kier alpha value is -1.68. The molecule has 2 rings (SSSR count). The minimum atomic E-state index is -0.671. The van der Waals surface area contributed by atoms with E-state index in [9.17, 15) is 9.50 Å². The average Bonchev–Trinajstić information content (AvgIpc) is 2.57. The highest BCUT2D eigenvalue weighted by Crippen LogP contribution is 2.22. The lowest BCUT2D eigenvalue weighted by molar-refractivity contribution is 0.199. The zero-order valence-corrected chi connectivity index (χ0v) is 11.0. The standard InChI is InChI=1S/C14H17FN2O/c1-8-9(2)16-17(10(8)3)14-6-5-12(11(4)18)7-13(14)15/h5-7,11,18H,1-4H3. The Morgan fingerprint density at radius 2 is 1.94 bits per heavy atom. The summed E-state index contributed by atoms with van der Waals surface area (Å²) in [6.45, 7) is 7.40. The predicted molar refractivity (Wildman–Crippen MR) is 68.4 cm³/mol. The maximum absolute atomic E-state index is 14.0. The number of nitrogens with zero attached hydrogens (tertiary/aromatic N) is 2. The van der Waals surface area contributed by atoms with Crippen molar-refractivity contribution in [3.8, 4) is 5.69 Å². The SMILES string of the molecule is Cc1nn(-c2ccc(C(C)O)cc2F)c(C)c1C. The molecule has 0 amide bonds. The molecule has 0 saturated carbocycles. The maximum Gasteiger partial charge on any atom is 0.149 e. The lowest BCUT2D eigenvalue weighted by atomic mass is 10.1. The van der Waals surface area contributed by atoms with Crippen molar-refractivity contribution in [2.45, 2.75) is 33.8 Å². The van der Waals surface area contributed by atoms with E-state index in [0.717, 1.165) is 17.0 Å². The molecular weight excluding hydrogens is 231 g/mol. The molecule has 3 nitrogen and oxygen atoms in total. The second-order valence-corrected chi connectivity index (χ2v) is 4.59. The molecule has 96 valence electrons. The van der Waals surface area contributed by atoms with Gasteiger partial charge in [0.15, 0.2) is 0 Å². The number of hydrogen-bond acceptors (Lipinski definition) is 2. The summed E-state index contributed by atoms with van der Waals surface area (Å²) >= 11 is 0. The smallest absolute Gasteiger partial charge is 0.149 e. The van der Waals surface area contributed by atoms with E-state index in [-0.39, 0.29) is 5.82 Å². The maximum atomic E-state index is 14.0. The van der Waals surface area contributed by atoms with Gasteiger partial charge in [-0.25, -0.2) is 9.07 Å². The molecule has 4 heteroatoms. The number of aryl methyl sites for hydroxylation is 1. The average molecular weight is 248 g/mol. The monoisotopic (exact) mass is 248 g/mol. The summed E-state index contributed by atoms with van der Waals surface area (Å²) in [4.78, 5) is 0. The van der Waals surface area contributed by atoms with Gasteiger partial charge in [-0.1, -0.05) is 6.07 Å². The van der Waals surface area contributed by atoms with Crippen LogP contribution >= 0.6 is 0 Å². The Morgan fingerprint density at radius 1 is 1.28 bits per heavy atom. The van der Waals surface area contributed by atoms with Gasteiger partial charge in [0, 0.05) is 5.69 Å². The van der Waals surface area contributed by atoms with Crippen molar-refractivity contribution in [3.63, 3.8) is 0 Å². The molecule has 0 fully saturated rings. The number of halogens is 1. The Bertz CT molecular complexity index is 588. The van der Waals surface area contributed by atoms with Crippen LogP contribution in [0, 0.1) is 26.6 Å². The van der Waals surface area contributed by atoms with Crippen LogP contribution < -0.4 is 0 Å². The third-order valence-corrected chi connectivity index (χ3v) is 3.34. The van der Waals surface area contributed by atoms with E-state index in [0.29, 0.717) is 11.3 Å². The van der Waals surface area contributed by atoms with Crippen molar-refractivity contribution in [2.75, 3.05) is 0 Å². The van der Waals surface area contributed by atoms with Gasteiger partial charge in [-0.15, -0.1) is 0 Å². The van der Waals surface area contributed by atoms with Crippen molar-refractivity contribution in [1.29, 1.82) is 0 Å². The molecule has 0 spiro atoms. The molecule has 0 radical (unpaired) electrons. The highest BCUT2D eigenvalue weighted by Gasteiger charge is 2.13. The molecule has 0 aliphatic rings. The Balaban J connectivity index is 2.54. The fourth-order valence-corrected chi connectivity index (χ4v) is 1.91. The minimum absolute atomic E-state index is 0.376. The fourth-order valence-electron chi connectivity index (χ4n) is 1.91. The van der Waals surface area contributed by atoms with Crippen molar-refractivity contribution in [2.24, 2.45) is 0 Å². The van der Waals surface area contributed by atoms with Crippen LogP contribution in [-0.2, 0) is 0 Å². The van der Waals surface area contributed by atoms with Gasteiger partial charge in [0.05, 0.1) is 11.8 Å². The van der Waals surface area contributed by atoms with Crippen LogP contribution in [0.2, 0.25) is 0 Å². The number of benzene rings is 1. The number of rotatable bonds is 2. The molecule has 0 aliphatic carbocycles. The van der Waals surface area contributed by atoms with Crippen molar-refractivity contribution >= 4 is 0 Å².